The van der Waals surface area contributed by atoms with Gasteiger partial charge in [0.25, 0.3) is 0 Å². The fourth-order valence-corrected chi connectivity index (χ4v) is 2.82. The van der Waals surface area contributed by atoms with Crippen molar-refractivity contribution in [3.8, 4) is 11.4 Å². The quantitative estimate of drug-likeness (QED) is 0.554. The number of nitrogens with zero attached hydrogens (tertiary/aromatic N) is 3. The van der Waals surface area contributed by atoms with E-state index in [-0.39, 0.29) is 12.4 Å². The van der Waals surface area contributed by atoms with Gasteiger partial charge in [-0.25, -0.2) is 14.1 Å². The molecule has 2 aromatic heterocycles. The van der Waals surface area contributed by atoms with Crippen LogP contribution in [0.15, 0.2) is 67.0 Å². The summed E-state index contributed by atoms with van der Waals surface area (Å²) in [6.45, 7) is 2.08. The highest BCUT2D eigenvalue weighted by molar-refractivity contribution is 5.91. The van der Waals surface area contributed by atoms with E-state index in [4.69, 9.17) is 4.74 Å². The van der Waals surface area contributed by atoms with Gasteiger partial charge in [-0.1, -0.05) is 30.3 Å². The summed E-state index contributed by atoms with van der Waals surface area (Å²) < 4.78 is 21.5. The lowest BCUT2D eigenvalue weighted by Crippen LogP contribution is -2.02. The van der Waals surface area contributed by atoms with Gasteiger partial charge in [0.05, 0.1) is 5.69 Å². The lowest BCUT2D eigenvalue weighted by Gasteiger charge is -2.13. The van der Waals surface area contributed by atoms with Crippen LogP contribution in [0.3, 0.4) is 0 Å². The Kier molecular flexibility index (Phi) is 3.90. The third-order valence-electron chi connectivity index (χ3n) is 4.00. The molecule has 0 atom stereocenters. The van der Waals surface area contributed by atoms with Gasteiger partial charge in [0, 0.05) is 29.0 Å². The smallest absolute Gasteiger partial charge is 0.146 e. The molecule has 0 radical (unpaired) electrons. The van der Waals surface area contributed by atoms with E-state index in [1.54, 1.807) is 29.1 Å². The third kappa shape index (κ3) is 2.96. The summed E-state index contributed by atoms with van der Waals surface area (Å²) in [5.41, 5.74) is 3.05. The van der Waals surface area contributed by atoms with Crippen LogP contribution in [-0.4, -0.2) is 14.8 Å². The molecule has 0 aliphatic rings. The van der Waals surface area contributed by atoms with Gasteiger partial charge in [0.2, 0.25) is 0 Å². The Labute approximate surface area is 144 Å². The Morgan fingerprint density at radius 2 is 1.96 bits per heavy atom. The molecular weight excluding hydrogens is 317 g/mol. The summed E-state index contributed by atoms with van der Waals surface area (Å²) >= 11 is 0. The van der Waals surface area contributed by atoms with Crippen molar-refractivity contribution in [1.29, 1.82) is 0 Å². The summed E-state index contributed by atoms with van der Waals surface area (Å²) in [4.78, 5) is 4.62. The van der Waals surface area contributed by atoms with Crippen molar-refractivity contribution >= 4 is 10.9 Å². The molecule has 4 nitrogen and oxygen atoms in total. The zero-order valence-corrected chi connectivity index (χ0v) is 13.7. The number of fused-ring (bicyclic) bond motifs is 1. The van der Waals surface area contributed by atoms with Gasteiger partial charge in [-0.15, -0.1) is 0 Å². The van der Waals surface area contributed by atoms with Gasteiger partial charge in [-0.05, 0) is 31.2 Å². The molecule has 0 fully saturated rings. The van der Waals surface area contributed by atoms with Crippen molar-refractivity contribution in [3.63, 3.8) is 0 Å². The fraction of sp³-hybridized carbons (Fsp3) is 0.100. The first-order valence-electron chi connectivity index (χ1n) is 7.99. The summed E-state index contributed by atoms with van der Waals surface area (Å²) in [5.74, 6) is 0.349. The number of aryl methyl sites for hydroxylation is 1. The molecular formula is C20H16FN3O. The first kappa shape index (κ1) is 15.3. The predicted molar refractivity (Wildman–Crippen MR) is 94.3 cm³/mol. The Hall–Kier alpha value is -3.21. The maximum Gasteiger partial charge on any atom is 0.146 e. The van der Waals surface area contributed by atoms with E-state index in [0.717, 1.165) is 22.3 Å². The number of benzene rings is 2. The number of hydrogen-bond donors (Lipinski definition) is 0. The predicted octanol–water partition coefficient (Wildman–Crippen LogP) is 4.45. The molecule has 4 aromatic rings. The molecule has 0 saturated heterocycles. The first-order valence-corrected chi connectivity index (χ1v) is 7.99. The van der Waals surface area contributed by atoms with Gasteiger partial charge < -0.3 is 4.74 Å². The van der Waals surface area contributed by atoms with Crippen molar-refractivity contribution in [2.45, 2.75) is 13.5 Å². The molecule has 0 aliphatic carbocycles. The van der Waals surface area contributed by atoms with Gasteiger partial charge in [0.1, 0.15) is 23.7 Å². The average molecular weight is 333 g/mol. The molecule has 0 unspecified atom stereocenters. The normalized spacial score (nSPS) is 11.0. The van der Waals surface area contributed by atoms with Gasteiger partial charge in [-0.2, -0.15) is 5.10 Å². The van der Waals surface area contributed by atoms with E-state index in [1.165, 1.54) is 6.07 Å². The highest BCUT2D eigenvalue weighted by Gasteiger charge is 2.11. The van der Waals surface area contributed by atoms with Crippen molar-refractivity contribution < 1.29 is 9.13 Å². The van der Waals surface area contributed by atoms with Crippen LogP contribution in [0.25, 0.3) is 16.6 Å². The summed E-state index contributed by atoms with van der Waals surface area (Å²) in [5, 5.41) is 5.24. The van der Waals surface area contributed by atoms with E-state index >= 15 is 0 Å². The van der Waals surface area contributed by atoms with Gasteiger partial charge >= 0.3 is 0 Å². The van der Waals surface area contributed by atoms with Crippen molar-refractivity contribution in [3.05, 3.63) is 84.1 Å². The van der Waals surface area contributed by atoms with Crippen LogP contribution in [0.4, 0.5) is 4.39 Å². The van der Waals surface area contributed by atoms with Crippen molar-refractivity contribution in [2.75, 3.05) is 0 Å². The van der Waals surface area contributed by atoms with E-state index in [9.17, 15) is 4.39 Å². The zero-order valence-electron chi connectivity index (χ0n) is 13.7. The lowest BCUT2D eigenvalue weighted by atomic mass is 10.1. The van der Waals surface area contributed by atoms with Crippen LogP contribution in [0.1, 0.15) is 11.3 Å². The maximum absolute atomic E-state index is 13.8. The Bertz CT molecular complexity index is 1030. The minimum atomic E-state index is -0.274. The summed E-state index contributed by atoms with van der Waals surface area (Å²) in [6, 6.07) is 16.2. The van der Waals surface area contributed by atoms with Crippen LogP contribution in [0, 0.1) is 12.7 Å². The molecule has 0 saturated carbocycles. The van der Waals surface area contributed by atoms with Crippen LogP contribution in [0.5, 0.6) is 5.75 Å². The second-order valence-electron chi connectivity index (χ2n) is 5.77. The fourth-order valence-electron chi connectivity index (χ4n) is 2.82. The molecule has 2 aromatic carbocycles. The molecule has 0 N–H and O–H groups in total. The largest absolute Gasteiger partial charge is 0.487 e. The highest BCUT2D eigenvalue weighted by Crippen LogP contribution is 2.29. The Morgan fingerprint density at radius 1 is 1.08 bits per heavy atom. The number of hydrogen-bond acceptors (Lipinski definition) is 3. The molecule has 0 amide bonds. The lowest BCUT2D eigenvalue weighted by molar-refractivity contribution is 0.303. The minimum absolute atomic E-state index is 0.151. The summed E-state index contributed by atoms with van der Waals surface area (Å²) in [7, 11) is 0. The summed E-state index contributed by atoms with van der Waals surface area (Å²) in [6.07, 6.45) is 3.63. The molecule has 4 rings (SSSR count). The molecule has 5 heteroatoms. The van der Waals surface area contributed by atoms with Crippen LogP contribution in [0.2, 0.25) is 0 Å². The average Bonchev–Trinajstić information content (AvgIpc) is 3.15. The number of pyridine rings is 1. The number of rotatable bonds is 4. The zero-order chi connectivity index (χ0) is 17.2. The second-order valence-corrected chi connectivity index (χ2v) is 5.77. The first-order chi connectivity index (χ1) is 12.2. The van der Waals surface area contributed by atoms with Crippen LogP contribution >= 0.6 is 0 Å². The van der Waals surface area contributed by atoms with Gasteiger partial charge in [-0.3, -0.25) is 0 Å². The monoisotopic (exact) mass is 333 g/mol. The standard InChI is InChI=1S/C20H16FN3O/c1-14-12-18(24-11-5-10-22-24)16-7-4-9-19(20(16)23-14)25-13-15-6-2-3-8-17(15)21/h2-12H,13H2,1H3. The van der Waals surface area contributed by atoms with Gasteiger partial charge in [0.15, 0.2) is 0 Å². The topological polar surface area (TPSA) is 39.9 Å². The Balaban J connectivity index is 1.76. The van der Waals surface area contributed by atoms with Crippen LogP contribution in [-0.2, 0) is 6.61 Å². The third-order valence-corrected chi connectivity index (χ3v) is 4.00. The van der Waals surface area contributed by atoms with E-state index in [0.29, 0.717) is 11.3 Å². The number of para-hydroxylation sites is 1. The SMILES string of the molecule is Cc1cc(-n2cccn2)c2cccc(OCc3ccccc3F)c2n1. The molecule has 2 heterocycles. The van der Waals surface area contributed by atoms with E-state index in [2.05, 4.69) is 10.1 Å². The van der Waals surface area contributed by atoms with Crippen molar-refractivity contribution in [1.82, 2.24) is 14.8 Å². The number of halogens is 1. The van der Waals surface area contributed by atoms with E-state index < -0.39 is 0 Å². The molecule has 25 heavy (non-hydrogen) atoms. The molecule has 0 spiro atoms. The maximum atomic E-state index is 13.8. The molecule has 0 bridgehead atoms. The van der Waals surface area contributed by atoms with Crippen molar-refractivity contribution in [2.24, 2.45) is 0 Å². The highest BCUT2D eigenvalue weighted by atomic mass is 19.1. The second kappa shape index (κ2) is 6.36. The molecule has 124 valence electrons. The van der Waals surface area contributed by atoms with Crippen LogP contribution < -0.4 is 4.74 Å². The minimum Gasteiger partial charge on any atom is -0.487 e. The molecule has 0 aliphatic heterocycles. The Morgan fingerprint density at radius 3 is 2.76 bits per heavy atom. The number of aromatic nitrogens is 3. The number of ether oxygens (including phenoxy) is 1. The van der Waals surface area contributed by atoms with E-state index in [1.807, 2.05) is 43.5 Å².